The Labute approximate surface area is 79.4 Å². The summed E-state index contributed by atoms with van der Waals surface area (Å²) < 4.78 is 0. The van der Waals surface area contributed by atoms with Crippen molar-refractivity contribution in [2.75, 3.05) is 0 Å². The van der Waals surface area contributed by atoms with Gasteiger partial charge in [0.1, 0.15) is 0 Å². The summed E-state index contributed by atoms with van der Waals surface area (Å²) in [6.07, 6.45) is 3.30. The summed E-state index contributed by atoms with van der Waals surface area (Å²) in [5, 5.41) is 7.83. The molecule has 13 heavy (non-hydrogen) atoms. The van der Waals surface area contributed by atoms with Crippen molar-refractivity contribution in [1.82, 2.24) is 0 Å². The first-order valence-electron chi connectivity index (χ1n) is 4.70. The van der Waals surface area contributed by atoms with Crippen LogP contribution < -0.4 is 5.73 Å². The van der Waals surface area contributed by atoms with Gasteiger partial charge in [0, 0.05) is 0 Å². The number of rotatable bonds is 0. The zero-order chi connectivity index (χ0) is 9.68. The van der Waals surface area contributed by atoms with Crippen LogP contribution >= 0.6 is 0 Å². The normalized spacial score (nSPS) is 15.6. The third-order valence-corrected chi connectivity index (χ3v) is 2.01. The van der Waals surface area contributed by atoms with E-state index in [0.29, 0.717) is 0 Å². The highest BCUT2D eigenvalue weighted by atomic mass is 16.3. The van der Waals surface area contributed by atoms with Gasteiger partial charge in [0.25, 0.3) is 0 Å². The summed E-state index contributed by atoms with van der Waals surface area (Å²) >= 11 is 0. The van der Waals surface area contributed by atoms with Crippen LogP contribution in [0.2, 0.25) is 0 Å². The molecule has 2 nitrogen and oxygen atoms in total. The lowest BCUT2D eigenvalue weighted by Gasteiger charge is -1.93. The standard InChI is InChI=1S/C9H10.C2H7NO/c1-2-5-9-7-3-6-8(9)4-1;1-2(3)4/h1-2,4-5H,3,6-7H2;2,4H,3H2,1H3. The van der Waals surface area contributed by atoms with Crippen LogP contribution in [0.4, 0.5) is 0 Å². The van der Waals surface area contributed by atoms with E-state index in [1.165, 1.54) is 26.2 Å². The number of hydrogen-bond acceptors (Lipinski definition) is 2. The average Bonchev–Trinajstić information content (AvgIpc) is 2.49. The zero-order valence-electron chi connectivity index (χ0n) is 8.03. The second-order valence-corrected chi connectivity index (χ2v) is 3.36. The quantitative estimate of drug-likeness (QED) is 0.592. The molecule has 1 aliphatic rings. The molecule has 1 atom stereocenters. The van der Waals surface area contributed by atoms with Crippen LogP contribution in [0.25, 0.3) is 0 Å². The molecule has 0 saturated carbocycles. The summed E-state index contributed by atoms with van der Waals surface area (Å²) in [6, 6.07) is 8.74. The molecule has 0 bridgehead atoms. The van der Waals surface area contributed by atoms with Gasteiger partial charge in [-0.15, -0.1) is 0 Å². The molecule has 3 N–H and O–H groups in total. The van der Waals surface area contributed by atoms with Crippen molar-refractivity contribution in [3.63, 3.8) is 0 Å². The maximum atomic E-state index is 7.83. The van der Waals surface area contributed by atoms with Gasteiger partial charge in [-0.3, -0.25) is 0 Å². The number of aliphatic hydroxyl groups is 1. The average molecular weight is 179 g/mol. The lowest BCUT2D eigenvalue weighted by atomic mass is 10.1. The molecule has 0 aromatic heterocycles. The zero-order valence-corrected chi connectivity index (χ0v) is 8.03. The molecule has 0 amide bonds. The molecule has 0 heterocycles. The fraction of sp³-hybridized carbons (Fsp3) is 0.455. The molecule has 1 aromatic carbocycles. The molecule has 0 aliphatic heterocycles. The van der Waals surface area contributed by atoms with Gasteiger partial charge in [0.15, 0.2) is 0 Å². The highest BCUT2D eigenvalue weighted by Gasteiger charge is 2.07. The molecule has 0 spiro atoms. The Bertz CT molecular complexity index is 232. The summed E-state index contributed by atoms with van der Waals surface area (Å²) in [7, 11) is 0. The van der Waals surface area contributed by atoms with Gasteiger partial charge < -0.3 is 10.8 Å². The Morgan fingerprint density at radius 1 is 1.23 bits per heavy atom. The summed E-state index contributed by atoms with van der Waals surface area (Å²) in [4.78, 5) is 0. The van der Waals surface area contributed by atoms with E-state index in [0.717, 1.165) is 0 Å². The predicted octanol–water partition coefficient (Wildman–Crippen LogP) is 1.46. The first-order chi connectivity index (χ1) is 6.20. The molecular formula is C11H17NO. The predicted molar refractivity (Wildman–Crippen MR) is 54.3 cm³/mol. The van der Waals surface area contributed by atoms with Crippen molar-refractivity contribution in [2.45, 2.75) is 32.4 Å². The molecule has 72 valence electrons. The fourth-order valence-electron chi connectivity index (χ4n) is 1.51. The molecule has 1 aliphatic carbocycles. The number of aliphatic hydroxyl groups excluding tert-OH is 1. The van der Waals surface area contributed by atoms with E-state index in [4.69, 9.17) is 5.11 Å². The topological polar surface area (TPSA) is 46.2 Å². The second kappa shape index (κ2) is 5.00. The number of benzene rings is 1. The van der Waals surface area contributed by atoms with Crippen LogP contribution in [0.3, 0.4) is 0 Å². The van der Waals surface area contributed by atoms with E-state index in [2.05, 4.69) is 30.0 Å². The summed E-state index contributed by atoms with van der Waals surface area (Å²) in [6.45, 7) is 1.50. The lowest BCUT2D eigenvalue weighted by molar-refractivity contribution is 0.203. The summed E-state index contributed by atoms with van der Waals surface area (Å²) in [5.74, 6) is 0. The van der Waals surface area contributed by atoms with Crippen LogP contribution in [0.1, 0.15) is 24.5 Å². The van der Waals surface area contributed by atoms with Crippen molar-refractivity contribution in [1.29, 1.82) is 0 Å². The van der Waals surface area contributed by atoms with Gasteiger partial charge in [-0.05, 0) is 37.3 Å². The first kappa shape index (κ1) is 10.2. The minimum Gasteiger partial charge on any atom is -0.379 e. The fourth-order valence-corrected chi connectivity index (χ4v) is 1.51. The number of nitrogens with two attached hydrogens (primary N) is 1. The van der Waals surface area contributed by atoms with E-state index in [-0.39, 0.29) is 0 Å². The monoisotopic (exact) mass is 179 g/mol. The maximum Gasteiger partial charge on any atom is 0.0991 e. The van der Waals surface area contributed by atoms with Crippen LogP contribution in [0, 0.1) is 0 Å². The van der Waals surface area contributed by atoms with Crippen LogP contribution in [-0.4, -0.2) is 11.3 Å². The largest absolute Gasteiger partial charge is 0.379 e. The highest BCUT2D eigenvalue weighted by molar-refractivity contribution is 5.30. The maximum absolute atomic E-state index is 7.83. The smallest absolute Gasteiger partial charge is 0.0991 e. The Morgan fingerprint density at radius 2 is 1.62 bits per heavy atom. The van der Waals surface area contributed by atoms with Crippen molar-refractivity contribution >= 4 is 0 Å². The van der Waals surface area contributed by atoms with Crippen LogP contribution in [0.15, 0.2) is 24.3 Å². The minimum absolute atomic E-state index is 0.667. The van der Waals surface area contributed by atoms with E-state index in [9.17, 15) is 0 Å². The van der Waals surface area contributed by atoms with E-state index >= 15 is 0 Å². The molecule has 1 unspecified atom stereocenters. The van der Waals surface area contributed by atoms with Gasteiger partial charge >= 0.3 is 0 Å². The van der Waals surface area contributed by atoms with Gasteiger partial charge in [-0.2, -0.15) is 0 Å². The van der Waals surface area contributed by atoms with Crippen LogP contribution in [-0.2, 0) is 12.8 Å². The van der Waals surface area contributed by atoms with Crippen molar-refractivity contribution in [3.8, 4) is 0 Å². The number of fused-ring (bicyclic) bond motifs is 1. The highest BCUT2D eigenvalue weighted by Crippen LogP contribution is 2.20. The molecule has 2 rings (SSSR count). The Balaban J connectivity index is 0.000000184. The molecule has 1 aromatic rings. The molecule has 2 heteroatoms. The SMILES string of the molecule is CC(N)O.c1ccc2c(c1)CCC2. The number of hydrogen-bond donors (Lipinski definition) is 2. The minimum atomic E-state index is -0.667. The van der Waals surface area contributed by atoms with Gasteiger partial charge in [0.2, 0.25) is 0 Å². The van der Waals surface area contributed by atoms with Crippen LogP contribution in [0.5, 0.6) is 0 Å². The molecule has 0 fully saturated rings. The first-order valence-corrected chi connectivity index (χ1v) is 4.70. The second-order valence-electron chi connectivity index (χ2n) is 3.36. The van der Waals surface area contributed by atoms with Crippen molar-refractivity contribution in [2.24, 2.45) is 5.73 Å². The van der Waals surface area contributed by atoms with Crippen molar-refractivity contribution < 1.29 is 5.11 Å². The Morgan fingerprint density at radius 3 is 2.00 bits per heavy atom. The van der Waals surface area contributed by atoms with Gasteiger partial charge in [-0.1, -0.05) is 24.3 Å². The molecule has 0 radical (unpaired) electrons. The summed E-state index contributed by atoms with van der Waals surface area (Å²) in [5.41, 5.74) is 7.80. The van der Waals surface area contributed by atoms with Crippen molar-refractivity contribution in [3.05, 3.63) is 35.4 Å². The van der Waals surface area contributed by atoms with E-state index in [1.807, 2.05) is 0 Å². The third kappa shape index (κ3) is 3.57. The number of aryl methyl sites for hydroxylation is 2. The molecular weight excluding hydrogens is 162 g/mol. The van der Waals surface area contributed by atoms with Gasteiger partial charge in [0.05, 0.1) is 6.23 Å². The Hall–Kier alpha value is -0.860. The van der Waals surface area contributed by atoms with E-state index in [1.54, 1.807) is 11.1 Å². The van der Waals surface area contributed by atoms with Gasteiger partial charge in [-0.25, -0.2) is 0 Å². The van der Waals surface area contributed by atoms with E-state index < -0.39 is 6.23 Å². The third-order valence-electron chi connectivity index (χ3n) is 2.01. The molecule has 0 saturated heterocycles. The lowest BCUT2D eigenvalue weighted by Crippen LogP contribution is -2.11. The Kier molecular flexibility index (Phi) is 3.93.